The summed E-state index contributed by atoms with van der Waals surface area (Å²) in [4.78, 5) is 2.43. The molecule has 0 aliphatic heterocycles. The van der Waals surface area contributed by atoms with E-state index in [4.69, 9.17) is 0 Å². The molecule has 3 heteroatoms. The van der Waals surface area contributed by atoms with Gasteiger partial charge in [-0.1, -0.05) is 140 Å². The lowest BCUT2D eigenvalue weighted by atomic mass is 10.0. The van der Waals surface area contributed by atoms with E-state index in [0.717, 1.165) is 22.7 Å². The van der Waals surface area contributed by atoms with Crippen LogP contribution in [0.1, 0.15) is 0 Å². The van der Waals surface area contributed by atoms with Crippen LogP contribution in [0.3, 0.4) is 0 Å². The van der Waals surface area contributed by atoms with Gasteiger partial charge in [-0.05, 0) is 99.8 Å². The van der Waals surface area contributed by atoms with Gasteiger partial charge in [0, 0.05) is 48.0 Å². The molecule has 2 heterocycles. The minimum Gasteiger partial charge on any atom is -0.310 e. The van der Waals surface area contributed by atoms with Crippen molar-refractivity contribution in [2.24, 2.45) is 0 Å². The quantitative estimate of drug-likeness (QED) is 0.166. The molecule has 0 fully saturated rings. The molecule has 9 aromatic carbocycles. The van der Waals surface area contributed by atoms with Crippen molar-refractivity contribution in [1.82, 2.24) is 4.57 Å². The first-order chi connectivity index (χ1) is 27.3. The van der Waals surface area contributed by atoms with Crippen LogP contribution in [0.15, 0.2) is 206 Å². The molecule has 0 amide bonds. The molecule has 0 N–H and O–H groups in total. The molecule has 0 aliphatic rings. The summed E-state index contributed by atoms with van der Waals surface area (Å²) in [7, 11) is 0. The van der Waals surface area contributed by atoms with Crippen molar-refractivity contribution < 1.29 is 0 Å². The molecule has 0 spiro atoms. The zero-order chi connectivity index (χ0) is 36.3. The molecular weight excluding hydrogens is 685 g/mol. The van der Waals surface area contributed by atoms with Crippen LogP contribution in [0.5, 0.6) is 0 Å². The second kappa shape index (κ2) is 12.9. The Morgan fingerprint density at radius 2 is 1.04 bits per heavy atom. The van der Waals surface area contributed by atoms with Crippen molar-refractivity contribution in [3.8, 4) is 27.9 Å². The third-order valence-corrected chi connectivity index (χ3v) is 12.2. The van der Waals surface area contributed by atoms with Gasteiger partial charge in [-0.15, -0.1) is 11.3 Å². The topological polar surface area (TPSA) is 8.17 Å². The summed E-state index contributed by atoms with van der Waals surface area (Å²) < 4.78 is 5.07. The van der Waals surface area contributed by atoms with Gasteiger partial charge in [-0.3, -0.25) is 0 Å². The maximum absolute atomic E-state index is 2.43. The number of aromatic nitrogens is 1. The fraction of sp³-hybridized carbons (Fsp3) is 0. The highest BCUT2D eigenvalue weighted by Crippen LogP contribution is 2.45. The largest absolute Gasteiger partial charge is 0.310 e. The van der Waals surface area contributed by atoms with E-state index in [0.29, 0.717) is 0 Å². The first-order valence-corrected chi connectivity index (χ1v) is 19.6. The average Bonchev–Trinajstić information content (AvgIpc) is 3.81. The molecule has 11 rings (SSSR count). The molecule has 0 bridgehead atoms. The Balaban J connectivity index is 1.09. The molecular formula is C52H34N2S. The molecule has 55 heavy (non-hydrogen) atoms. The van der Waals surface area contributed by atoms with Crippen molar-refractivity contribution >= 4 is 81.1 Å². The number of para-hydroxylation sites is 2. The zero-order valence-electron chi connectivity index (χ0n) is 29.9. The Kier molecular flexibility index (Phi) is 7.39. The summed E-state index contributed by atoms with van der Waals surface area (Å²) in [6.45, 7) is 0. The van der Waals surface area contributed by atoms with Crippen molar-refractivity contribution in [1.29, 1.82) is 0 Å². The molecule has 11 aromatic rings. The molecule has 0 unspecified atom stereocenters. The maximum atomic E-state index is 2.43. The first kappa shape index (κ1) is 31.6. The Hall–Kier alpha value is -6.94. The van der Waals surface area contributed by atoms with Crippen LogP contribution in [-0.2, 0) is 0 Å². The van der Waals surface area contributed by atoms with E-state index in [-0.39, 0.29) is 0 Å². The van der Waals surface area contributed by atoms with E-state index in [1.165, 1.54) is 75.0 Å². The minimum absolute atomic E-state index is 1.10. The van der Waals surface area contributed by atoms with Crippen LogP contribution in [0.4, 0.5) is 17.1 Å². The van der Waals surface area contributed by atoms with Gasteiger partial charge in [0.25, 0.3) is 0 Å². The van der Waals surface area contributed by atoms with E-state index in [9.17, 15) is 0 Å². The predicted octanol–water partition coefficient (Wildman–Crippen LogP) is 15.1. The van der Waals surface area contributed by atoms with Gasteiger partial charge >= 0.3 is 0 Å². The molecule has 0 saturated carbocycles. The van der Waals surface area contributed by atoms with E-state index < -0.39 is 0 Å². The Bertz CT molecular complexity index is 3190. The van der Waals surface area contributed by atoms with E-state index >= 15 is 0 Å². The smallest absolute Gasteiger partial charge is 0.0562 e. The first-order valence-electron chi connectivity index (χ1n) is 18.8. The molecule has 2 nitrogen and oxygen atoms in total. The van der Waals surface area contributed by atoms with E-state index in [1.54, 1.807) is 0 Å². The number of hydrogen-bond donors (Lipinski definition) is 0. The SMILES string of the molecule is c1ccc(-c2cccc(N(c3ccc(-c4ccc5sc6c7ccccc7ccc6c5c4)cc3)c3cccc4c3c3ccccc3n4-c3ccccc3)c2)cc1. The number of rotatable bonds is 6. The van der Waals surface area contributed by atoms with Crippen LogP contribution in [-0.4, -0.2) is 4.57 Å². The van der Waals surface area contributed by atoms with Gasteiger partial charge in [0.15, 0.2) is 0 Å². The Labute approximate surface area is 323 Å². The molecule has 258 valence electrons. The molecule has 0 atom stereocenters. The summed E-state index contributed by atoms with van der Waals surface area (Å²) in [5.74, 6) is 0. The number of benzene rings is 9. The standard InChI is InChI=1S/C52H34N2S/c1-3-13-35(14-4-1)38-16-11-19-42(33-38)53(48-23-12-24-49-51(48)45-21-9-10-22-47(45)54(49)40-17-5-2-6-18-40)41-29-25-36(26-30-41)39-28-32-50-46(34-39)44-31-27-37-15-7-8-20-43(37)52(44)55-50/h1-34H. The monoisotopic (exact) mass is 718 g/mol. The van der Waals surface area contributed by atoms with Gasteiger partial charge in [0.05, 0.1) is 16.7 Å². The Morgan fingerprint density at radius 3 is 1.89 bits per heavy atom. The third-order valence-electron chi connectivity index (χ3n) is 11.0. The summed E-state index contributed by atoms with van der Waals surface area (Å²) >= 11 is 1.89. The fourth-order valence-electron chi connectivity index (χ4n) is 8.41. The lowest BCUT2D eigenvalue weighted by Crippen LogP contribution is -2.10. The summed E-state index contributed by atoms with van der Waals surface area (Å²) in [5.41, 5.74) is 11.7. The van der Waals surface area contributed by atoms with Gasteiger partial charge < -0.3 is 9.47 Å². The molecule has 0 saturated heterocycles. The highest BCUT2D eigenvalue weighted by molar-refractivity contribution is 7.26. The Morgan fingerprint density at radius 1 is 0.382 bits per heavy atom. The van der Waals surface area contributed by atoms with Crippen LogP contribution in [0.2, 0.25) is 0 Å². The van der Waals surface area contributed by atoms with E-state index in [1.807, 2.05) is 11.3 Å². The van der Waals surface area contributed by atoms with Crippen LogP contribution in [0, 0.1) is 0 Å². The summed E-state index contributed by atoms with van der Waals surface area (Å²) in [6.07, 6.45) is 0. The number of hydrogen-bond acceptors (Lipinski definition) is 2. The van der Waals surface area contributed by atoms with Crippen molar-refractivity contribution in [2.75, 3.05) is 4.90 Å². The molecule has 0 radical (unpaired) electrons. The maximum Gasteiger partial charge on any atom is 0.0562 e. The summed E-state index contributed by atoms with van der Waals surface area (Å²) in [5, 5.41) is 7.69. The zero-order valence-corrected chi connectivity index (χ0v) is 30.7. The number of nitrogens with zero attached hydrogens (tertiary/aromatic N) is 2. The highest BCUT2D eigenvalue weighted by Gasteiger charge is 2.21. The third kappa shape index (κ3) is 5.24. The van der Waals surface area contributed by atoms with Gasteiger partial charge in [0.1, 0.15) is 0 Å². The average molecular weight is 719 g/mol. The minimum atomic E-state index is 1.10. The second-order valence-corrected chi connectivity index (χ2v) is 15.2. The van der Waals surface area contributed by atoms with Gasteiger partial charge in [0.2, 0.25) is 0 Å². The highest BCUT2D eigenvalue weighted by atomic mass is 32.1. The van der Waals surface area contributed by atoms with Crippen LogP contribution in [0.25, 0.3) is 80.7 Å². The molecule has 0 aliphatic carbocycles. The normalized spacial score (nSPS) is 11.6. The number of fused-ring (bicyclic) bond motifs is 8. The molecule has 2 aromatic heterocycles. The van der Waals surface area contributed by atoms with Crippen molar-refractivity contribution in [3.05, 3.63) is 206 Å². The lowest BCUT2D eigenvalue weighted by Gasteiger charge is -2.27. The van der Waals surface area contributed by atoms with Crippen molar-refractivity contribution in [2.45, 2.75) is 0 Å². The fourth-order valence-corrected chi connectivity index (χ4v) is 9.63. The number of thiophene rings is 1. The van der Waals surface area contributed by atoms with E-state index in [2.05, 4.69) is 216 Å². The van der Waals surface area contributed by atoms with Crippen LogP contribution >= 0.6 is 11.3 Å². The number of anilines is 3. The predicted molar refractivity (Wildman–Crippen MR) is 237 cm³/mol. The lowest BCUT2D eigenvalue weighted by molar-refractivity contribution is 1.18. The summed E-state index contributed by atoms with van der Waals surface area (Å²) in [6, 6.07) is 75.1. The van der Waals surface area contributed by atoms with Crippen LogP contribution < -0.4 is 4.90 Å². The van der Waals surface area contributed by atoms with Crippen molar-refractivity contribution in [3.63, 3.8) is 0 Å². The second-order valence-electron chi connectivity index (χ2n) is 14.1. The van der Waals surface area contributed by atoms with Gasteiger partial charge in [-0.2, -0.15) is 0 Å². The van der Waals surface area contributed by atoms with Gasteiger partial charge in [-0.25, -0.2) is 0 Å².